The summed E-state index contributed by atoms with van der Waals surface area (Å²) >= 11 is 0. The van der Waals surface area contributed by atoms with Crippen molar-refractivity contribution in [1.82, 2.24) is 0 Å². The first-order chi connectivity index (χ1) is 14.2. The third kappa shape index (κ3) is 2.89. The number of nitrogens with zero attached hydrogens (tertiary/aromatic N) is 1. The Labute approximate surface area is 172 Å². The highest BCUT2D eigenvalue weighted by molar-refractivity contribution is 7.92. The van der Waals surface area contributed by atoms with Gasteiger partial charge in [0.2, 0.25) is 0 Å². The van der Waals surface area contributed by atoms with E-state index in [2.05, 4.69) is 0 Å². The first-order valence-corrected chi connectivity index (χ1v) is 10.3. The number of carbonyl (C=O) groups is 3. The highest BCUT2D eigenvalue weighted by atomic mass is 32.2. The fourth-order valence-corrected chi connectivity index (χ4v) is 4.70. The number of ketones is 2. The fraction of sp³-hybridized carbons (Fsp3) is 0.0455. The molecule has 0 bridgehead atoms. The van der Waals surface area contributed by atoms with Crippen molar-refractivity contribution in [2.45, 2.75) is 4.90 Å². The van der Waals surface area contributed by atoms with Gasteiger partial charge >= 0.3 is 5.97 Å². The Balaban J connectivity index is 1.82. The number of rotatable bonds is 4. The largest absolute Gasteiger partial charge is 0.478 e. The number of aromatic carboxylic acids is 1. The minimum absolute atomic E-state index is 0.000283. The number of carboxylic acids is 1. The summed E-state index contributed by atoms with van der Waals surface area (Å²) in [6.45, 7) is 0. The summed E-state index contributed by atoms with van der Waals surface area (Å²) in [5.74, 6) is -2.06. The van der Waals surface area contributed by atoms with Crippen molar-refractivity contribution in [3.05, 3.63) is 94.5 Å². The van der Waals surface area contributed by atoms with Crippen LogP contribution in [-0.2, 0) is 10.0 Å². The van der Waals surface area contributed by atoms with E-state index >= 15 is 0 Å². The molecule has 0 heterocycles. The molecule has 0 aliphatic heterocycles. The molecule has 0 radical (unpaired) electrons. The summed E-state index contributed by atoms with van der Waals surface area (Å²) in [7, 11) is -2.96. The van der Waals surface area contributed by atoms with Crippen molar-refractivity contribution in [1.29, 1.82) is 0 Å². The quantitative estimate of drug-likeness (QED) is 0.543. The van der Waals surface area contributed by atoms with Gasteiger partial charge in [-0.05, 0) is 30.3 Å². The standard InChI is InChI=1S/C22H15NO6S/c1-23(19-9-5-4-8-17(19)22(26)27)30(28,29)13-10-11-16-18(12-13)21(25)15-7-3-2-6-14(15)20(16)24/h2-12H,1H3,(H,26,27). The van der Waals surface area contributed by atoms with Crippen LogP contribution < -0.4 is 4.31 Å². The molecular formula is C22H15NO6S. The summed E-state index contributed by atoms with van der Waals surface area (Å²) < 4.78 is 27.2. The van der Waals surface area contributed by atoms with Crippen molar-refractivity contribution in [3.63, 3.8) is 0 Å². The van der Waals surface area contributed by atoms with Gasteiger partial charge in [0, 0.05) is 29.3 Å². The summed E-state index contributed by atoms with van der Waals surface area (Å²) in [6.07, 6.45) is 0. The van der Waals surface area contributed by atoms with Gasteiger partial charge < -0.3 is 5.11 Å². The lowest BCUT2D eigenvalue weighted by atomic mass is 9.84. The minimum Gasteiger partial charge on any atom is -0.478 e. The van der Waals surface area contributed by atoms with Crippen LogP contribution in [0, 0.1) is 0 Å². The molecule has 30 heavy (non-hydrogen) atoms. The van der Waals surface area contributed by atoms with Crippen LogP contribution in [0.4, 0.5) is 5.69 Å². The van der Waals surface area contributed by atoms with Crippen molar-refractivity contribution in [2.24, 2.45) is 0 Å². The lowest BCUT2D eigenvalue weighted by Gasteiger charge is -2.23. The smallest absolute Gasteiger partial charge is 0.337 e. The highest BCUT2D eigenvalue weighted by Crippen LogP contribution is 2.31. The molecule has 0 saturated carbocycles. The molecule has 7 nitrogen and oxygen atoms in total. The van der Waals surface area contributed by atoms with Gasteiger partial charge in [-0.2, -0.15) is 0 Å². The molecule has 0 atom stereocenters. The maximum Gasteiger partial charge on any atom is 0.337 e. The Morgan fingerprint density at radius 2 is 1.33 bits per heavy atom. The Morgan fingerprint density at radius 3 is 1.97 bits per heavy atom. The van der Waals surface area contributed by atoms with Crippen molar-refractivity contribution in [2.75, 3.05) is 11.4 Å². The Bertz CT molecular complexity index is 1340. The fourth-order valence-electron chi connectivity index (χ4n) is 3.46. The molecule has 0 unspecified atom stereocenters. The molecule has 1 N–H and O–H groups in total. The number of para-hydroxylation sites is 1. The first-order valence-electron chi connectivity index (χ1n) is 8.87. The van der Waals surface area contributed by atoms with Crippen LogP contribution in [0.15, 0.2) is 71.6 Å². The van der Waals surface area contributed by atoms with Gasteiger partial charge in [0.1, 0.15) is 0 Å². The van der Waals surface area contributed by atoms with E-state index in [1.54, 1.807) is 18.2 Å². The zero-order valence-corrected chi connectivity index (χ0v) is 16.5. The van der Waals surface area contributed by atoms with Gasteiger partial charge in [-0.15, -0.1) is 0 Å². The van der Waals surface area contributed by atoms with Crippen LogP contribution in [0.5, 0.6) is 0 Å². The maximum atomic E-state index is 13.2. The van der Waals surface area contributed by atoms with Crippen LogP contribution in [0.1, 0.15) is 42.2 Å². The monoisotopic (exact) mass is 421 g/mol. The number of carboxylic acid groups (broad SMARTS) is 1. The van der Waals surface area contributed by atoms with Gasteiger partial charge in [0.25, 0.3) is 10.0 Å². The van der Waals surface area contributed by atoms with Crippen LogP contribution in [-0.4, -0.2) is 38.1 Å². The Hall–Kier alpha value is -3.78. The average molecular weight is 421 g/mol. The van der Waals surface area contributed by atoms with Gasteiger partial charge in [0.15, 0.2) is 11.6 Å². The molecule has 0 amide bonds. The number of anilines is 1. The van der Waals surface area contributed by atoms with Crippen molar-refractivity contribution < 1.29 is 27.9 Å². The Morgan fingerprint density at radius 1 is 0.800 bits per heavy atom. The summed E-state index contributed by atoms with van der Waals surface area (Å²) in [4.78, 5) is 36.8. The molecule has 0 spiro atoms. The molecule has 1 aliphatic rings. The second kappa shape index (κ2) is 6.93. The third-order valence-corrected chi connectivity index (χ3v) is 6.80. The zero-order valence-electron chi connectivity index (χ0n) is 15.7. The number of fused-ring (bicyclic) bond motifs is 2. The summed E-state index contributed by atoms with van der Waals surface area (Å²) in [5.41, 5.74) is 0.426. The van der Waals surface area contributed by atoms with Gasteiger partial charge in [0.05, 0.1) is 16.1 Å². The molecule has 3 aromatic rings. The molecule has 1 aliphatic carbocycles. The maximum absolute atomic E-state index is 13.2. The minimum atomic E-state index is -4.19. The Kier molecular flexibility index (Phi) is 4.51. The van der Waals surface area contributed by atoms with E-state index in [4.69, 9.17) is 0 Å². The second-order valence-electron chi connectivity index (χ2n) is 6.71. The number of benzene rings is 3. The normalized spacial score (nSPS) is 12.8. The first kappa shape index (κ1) is 19.5. The SMILES string of the molecule is CN(c1ccccc1C(=O)O)S(=O)(=O)c1ccc2c(c1)C(=O)c1ccccc1C2=O. The summed E-state index contributed by atoms with van der Waals surface area (Å²) in [5, 5.41) is 9.36. The topological polar surface area (TPSA) is 109 Å². The van der Waals surface area contributed by atoms with Gasteiger partial charge in [-0.3, -0.25) is 13.9 Å². The van der Waals surface area contributed by atoms with Gasteiger partial charge in [-0.25, -0.2) is 13.2 Å². The summed E-state index contributed by atoms with van der Waals surface area (Å²) in [6, 6.07) is 15.8. The molecule has 0 fully saturated rings. The van der Waals surface area contributed by atoms with Crippen molar-refractivity contribution in [3.8, 4) is 0 Å². The van der Waals surface area contributed by atoms with E-state index in [-0.39, 0.29) is 44.2 Å². The number of hydrogen-bond acceptors (Lipinski definition) is 5. The molecule has 0 aromatic heterocycles. The molecular weight excluding hydrogens is 406 g/mol. The van der Waals surface area contributed by atoms with E-state index in [1.807, 2.05) is 0 Å². The van der Waals surface area contributed by atoms with E-state index < -0.39 is 21.8 Å². The van der Waals surface area contributed by atoms with Crippen LogP contribution in [0.3, 0.4) is 0 Å². The second-order valence-corrected chi connectivity index (χ2v) is 8.68. The lowest BCUT2D eigenvalue weighted by molar-refractivity contribution is 0.0697. The number of carbonyl (C=O) groups excluding carboxylic acids is 2. The molecule has 3 aromatic carbocycles. The van der Waals surface area contributed by atoms with Crippen LogP contribution in [0.2, 0.25) is 0 Å². The lowest BCUT2D eigenvalue weighted by Crippen LogP contribution is -2.29. The average Bonchev–Trinajstić information content (AvgIpc) is 2.76. The van der Waals surface area contributed by atoms with E-state index in [0.29, 0.717) is 0 Å². The third-order valence-electron chi connectivity index (χ3n) is 5.03. The zero-order chi connectivity index (χ0) is 21.6. The van der Waals surface area contributed by atoms with Crippen molar-refractivity contribution >= 4 is 33.2 Å². The highest BCUT2D eigenvalue weighted by Gasteiger charge is 2.32. The predicted octanol–water partition coefficient (Wildman–Crippen LogP) is 2.99. The number of sulfonamides is 1. The molecule has 150 valence electrons. The molecule has 4 rings (SSSR count). The molecule has 8 heteroatoms. The van der Waals surface area contributed by atoms with E-state index in [1.165, 1.54) is 55.6 Å². The van der Waals surface area contributed by atoms with Crippen LogP contribution >= 0.6 is 0 Å². The predicted molar refractivity (Wildman–Crippen MR) is 109 cm³/mol. The van der Waals surface area contributed by atoms with E-state index in [9.17, 15) is 27.9 Å². The van der Waals surface area contributed by atoms with E-state index in [0.717, 1.165) is 4.31 Å². The molecule has 0 saturated heterocycles. The number of hydrogen-bond donors (Lipinski definition) is 1. The van der Waals surface area contributed by atoms with Gasteiger partial charge in [-0.1, -0.05) is 36.4 Å². The van der Waals surface area contributed by atoms with Crippen LogP contribution in [0.25, 0.3) is 0 Å².